The van der Waals surface area contributed by atoms with Crippen molar-refractivity contribution in [2.24, 2.45) is 0 Å². The van der Waals surface area contributed by atoms with Crippen molar-refractivity contribution in [1.29, 1.82) is 0 Å². The van der Waals surface area contributed by atoms with Gasteiger partial charge in [0.05, 0.1) is 11.1 Å². The zero-order valence-corrected chi connectivity index (χ0v) is 16.0. The van der Waals surface area contributed by atoms with Crippen molar-refractivity contribution >= 4 is 51.7 Å². The molecule has 3 N–H and O–H groups in total. The van der Waals surface area contributed by atoms with Crippen LogP contribution in [0.1, 0.15) is 47.9 Å². The first-order valence-corrected chi connectivity index (χ1v) is 8.91. The van der Waals surface area contributed by atoms with Gasteiger partial charge < -0.3 is 15.7 Å². The molecular formula is C20H19N3O6. The lowest BCUT2D eigenvalue weighted by molar-refractivity contribution is -0.141. The lowest BCUT2D eigenvalue weighted by Crippen LogP contribution is -2.50. The highest BCUT2D eigenvalue weighted by atomic mass is 16.4. The predicted octanol–water partition coefficient (Wildman–Crippen LogP) is 2.22. The maximum absolute atomic E-state index is 13.1. The molecule has 29 heavy (non-hydrogen) atoms. The Morgan fingerprint density at radius 1 is 0.931 bits per heavy atom. The summed E-state index contributed by atoms with van der Waals surface area (Å²) in [4.78, 5) is 61.5. The minimum atomic E-state index is -1.34. The molecule has 0 saturated carbocycles. The number of amides is 4. The van der Waals surface area contributed by atoms with E-state index in [9.17, 15) is 29.1 Å². The molecule has 0 aromatic heterocycles. The number of benzene rings is 2. The first-order valence-electron chi connectivity index (χ1n) is 8.91. The molecule has 1 heterocycles. The molecule has 1 atom stereocenters. The van der Waals surface area contributed by atoms with Gasteiger partial charge in [-0.25, -0.2) is 4.79 Å². The van der Waals surface area contributed by atoms with Gasteiger partial charge in [0.1, 0.15) is 6.04 Å². The highest BCUT2D eigenvalue weighted by Gasteiger charge is 2.40. The molecule has 0 aliphatic carbocycles. The maximum atomic E-state index is 13.1. The summed E-state index contributed by atoms with van der Waals surface area (Å²) in [5.74, 6) is -3.52. The summed E-state index contributed by atoms with van der Waals surface area (Å²) in [6.45, 7) is 4.18. The monoisotopic (exact) mass is 397 g/mol. The second kappa shape index (κ2) is 7.34. The van der Waals surface area contributed by atoms with Crippen LogP contribution >= 0.6 is 0 Å². The number of rotatable bonds is 5. The van der Waals surface area contributed by atoms with Gasteiger partial charge in [-0.2, -0.15) is 0 Å². The Kier molecular flexibility index (Phi) is 5.06. The van der Waals surface area contributed by atoms with Gasteiger partial charge in [-0.15, -0.1) is 0 Å². The number of anilines is 2. The molecule has 0 radical (unpaired) electrons. The molecule has 1 aliphatic rings. The number of carbonyl (C=O) groups is 5. The highest BCUT2D eigenvalue weighted by Crippen LogP contribution is 2.36. The molecule has 0 spiro atoms. The third-order valence-electron chi connectivity index (χ3n) is 4.57. The first kappa shape index (κ1) is 20.0. The van der Waals surface area contributed by atoms with Gasteiger partial charge in [0.25, 0.3) is 11.8 Å². The van der Waals surface area contributed by atoms with Gasteiger partial charge in [0, 0.05) is 30.6 Å². The van der Waals surface area contributed by atoms with Crippen molar-refractivity contribution in [1.82, 2.24) is 4.90 Å². The van der Waals surface area contributed by atoms with Crippen molar-refractivity contribution in [2.45, 2.75) is 33.2 Å². The fourth-order valence-electron chi connectivity index (χ4n) is 3.51. The SMILES string of the molecule is CCC(C(=O)O)N1C(=O)c2cc(NC(C)=O)cc3cc(NC(C)=O)cc(c23)C1=O. The van der Waals surface area contributed by atoms with E-state index in [0.717, 1.165) is 0 Å². The van der Waals surface area contributed by atoms with E-state index < -0.39 is 23.8 Å². The van der Waals surface area contributed by atoms with Crippen LogP contribution in [0.4, 0.5) is 11.4 Å². The Morgan fingerprint density at radius 2 is 1.38 bits per heavy atom. The Hall–Kier alpha value is -3.75. The molecule has 0 bridgehead atoms. The summed E-state index contributed by atoms with van der Waals surface area (Å²) in [6.07, 6.45) is 0.0298. The molecule has 1 aliphatic heterocycles. The van der Waals surface area contributed by atoms with Crippen LogP contribution in [0.15, 0.2) is 24.3 Å². The zero-order valence-electron chi connectivity index (χ0n) is 16.0. The van der Waals surface area contributed by atoms with Gasteiger partial charge in [0.2, 0.25) is 11.8 Å². The molecular weight excluding hydrogens is 378 g/mol. The molecule has 9 heteroatoms. The predicted molar refractivity (Wildman–Crippen MR) is 105 cm³/mol. The van der Waals surface area contributed by atoms with E-state index in [4.69, 9.17) is 0 Å². The van der Waals surface area contributed by atoms with Crippen LogP contribution in [0.3, 0.4) is 0 Å². The number of carboxylic acid groups (broad SMARTS) is 1. The number of aliphatic carboxylic acids is 1. The molecule has 2 aromatic carbocycles. The number of carboxylic acids is 1. The fourth-order valence-corrected chi connectivity index (χ4v) is 3.51. The number of hydrogen-bond acceptors (Lipinski definition) is 5. The largest absolute Gasteiger partial charge is 0.480 e. The molecule has 3 rings (SSSR count). The third kappa shape index (κ3) is 3.54. The van der Waals surface area contributed by atoms with Gasteiger partial charge >= 0.3 is 5.97 Å². The average Bonchev–Trinajstić information content (AvgIpc) is 2.61. The molecule has 150 valence electrons. The van der Waals surface area contributed by atoms with Crippen LogP contribution in [0, 0.1) is 0 Å². The van der Waals surface area contributed by atoms with Crippen LogP contribution in [-0.4, -0.2) is 45.6 Å². The quantitative estimate of drug-likeness (QED) is 0.663. The lowest BCUT2D eigenvalue weighted by Gasteiger charge is -2.31. The zero-order chi connectivity index (χ0) is 21.5. The number of carbonyl (C=O) groups excluding carboxylic acids is 4. The second-order valence-electron chi connectivity index (χ2n) is 6.75. The lowest BCUT2D eigenvalue weighted by atomic mass is 9.91. The van der Waals surface area contributed by atoms with Crippen LogP contribution in [0.5, 0.6) is 0 Å². The van der Waals surface area contributed by atoms with E-state index in [2.05, 4.69) is 10.6 Å². The molecule has 1 unspecified atom stereocenters. The van der Waals surface area contributed by atoms with Gasteiger partial charge in [-0.3, -0.25) is 24.1 Å². The van der Waals surface area contributed by atoms with Crippen LogP contribution in [0.25, 0.3) is 10.8 Å². The minimum absolute atomic E-state index is 0.0298. The van der Waals surface area contributed by atoms with Crippen molar-refractivity contribution in [2.75, 3.05) is 10.6 Å². The van der Waals surface area contributed by atoms with Crippen LogP contribution < -0.4 is 10.6 Å². The van der Waals surface area contributed by atoms with E-state index in [1.807, 2.05) is 0 Å². The fraction of sp³-hybridized carbons (Fsp3) is 0.250. The summed E-state index contributed by atoms with van der Waals surface area (Å²) in [6, 6.07) is 4.66. The third-order valence-corrected chi connectivity index (χ3v) is 4.57. The minimum Gasteiger partial charge on any atom is -0.480 e. The van der Waals surface area contributed by atoms with Gasteiger partial charge in [-0.05, 0) is 36.1 Å². The average molecular weight is 397 g/mol. The van der Waals surface area contributed by atoms with E-state index >= 15 is 0 Å². The second-order valence-corrected chi connectivity index (χ2v) is 6.75. The number of nitrogens with one attached hydrogen (secondary N) is 2. The van der Waals surface area contributed by atoms with E-state index in [0.29, 0.717) is 27.0 Å². The molecule has 2 aromatic rings. The van der Waals surface area contributed by atoms with Crippen molar-refractivity contribution in [3.63, 3.8) is 0 Å². The maximum Gasteiger partial charge on any atom is 0.326 e. The summed E-state index contributed by atoms with van der Waals surface area (Å²) >= 11 is 0. The number of imide groups is 1. The first-order chi connectivity index (χ1) is 13.6. The van der Waals surface area contributed by atoms with E-state index in [1.165, 1.54) is 26.0 Å². The number of nitrogens with zero attached hydrogens (tertiary/aromatic N) is 1. The summed E-state index contributed by atoms with van der Waals surface area (Å²) in [5.41, 5.74) is 0.846. The summed E-state index contributed by atoms with van der Waals surface area (Å²) in [5, 5.41) is 15.5. The van der Waals surface area contributed by atoms with Crippen LogP contribution in [-0.2, 0) is 14.4 Å². The van der Waals surface area contributed by atoms with Gasteiger partial charge in [-0.1, -0.05) is 6.92 Å². The van der Waals surface area contributed by atoms with Crippen molar-refractivity contribution in [3.8, 4) is 0 Å². The Labute approximate surface area is 165 Å². The highest BCUT2D eigenvalue weighted by molar-refractivity contribution is 6.27. The summed E-state index contributed by atoms with van der Waals surface area (Å²) < 4.78 is 0. The molecule has 0 fully saturated rings. The smallest absolute Gasteiger partial charge is 0.326 e. The normalized spacial score (nSPS) is 14.0. The standard InChI is InChI=1S/C20H19N3O6/c1-4-16(20(28)29)23-18(26)14-7-12(21-9(2)24)5-11-6-13(22-10(3)25)8-15(17(11)14)19(23)27/h5-8,16H,4H2,1-3H3,(H,21,24)(H,22,25)(H,28,29). The van der Waals surface area contributed by atoms with Gasteiger partial charge in [0.15, 0.2) is 0 Å². The molecule has 0 saturated heterocycles. The molecule has 4 amide bonds. The number of hydrogen-bond donors (Lipinski definition) is 3. The Morgan fingerprint density at radius 3 is 1.72 bits per heavy atom. The Bertz CT molecular complexity index is 1020. The summed E-state index contributed by atoms with van der Waals surface area (Å²) in [7, 11) is 0. The van der Waals surface area contributed by atoms with E-state index in [1.54, 1.807) is 19.1 Å². The van der Waals surface area contributed by atoms with Crippen LogP contribution in [0.2, 0.25) is 0 Å². The topological polar surface area (TPSA) is 133 Å². The molecule has 9 nitrogen and oxygen atoms in total. The van der Waals surface area contributed by atoms with Crippen molar-refractivity contribution in [3.05, 3.63) is 35.4 Å². The van der Waals surface area contributed by atoms with E-state index in [-0.39, 0.29) is 29.4 Å². The Balaban J connectivity index is 2.31. The van der Waals surface area contributed by atoms with Crippen molar-refractivity contribution < 1.29 is 29.1 Å².